The molecule has 4 atom stereocenters. The summed E-state index contributed by atoms with van der Waals surface area (Å²) >= 11 is 0. The van der Waals surface area contributed by atoms with Crippen molar-refractivity contribution in [2.75, 3.05) is 20.6 Å². The number of fused-ring (bicyclic) bond motifs is 2. The summed E-state index contributed by atoms with van der Waals surface area (Å²) in [7, 11) is 3.84. The molecule has 2 bridgehead atoms. The minimum atomic E-state index is -0.634. The molecule has 1 aromatic carbocycles. The van der Waals surface area contributed by atoms with Crippen LogP contribution in [0.25, 0.3) is 0 Å². The lowest BCUT2D eigenvalue weighted by molar-refractivity contribution is -0.145. The summed E-state index contributed by atoms with van der Waals surface area (Å²) in [5, 5.41) is 14.7. The van der Waals surface area contributed by atoms with E-state index in [2.05, 4.69) is 29.4 Å². The van der Waals surface area contributed by atoms with Crippen LogP contribution in [0.15, 0.2) is 18.2 Å². The van der Waals surface area contributed by atoms with Crippen LogP contribution in [0.4, 0.5) is 0 Å². The normalized spacial score (nSPS) is 42.5. The average molecular weight is 326 g/mol. The number of nitrogens with one attached hydrogen (secondary N) is 1. The van der Waals surface area contributed by atoms with E-state index in [0.717, 1.165) is 44.2 Å². The monoisotopic (exact) mass is 326 g/mol. The summed E-state index contributed by atoms with van der Waals surface area (Å²) in [6.45, 7) is 1.10. The minimum Gasteiger partial charge on any atom is -0.387 e. The van der Waals surface area contributed by atoms with Crippen molar-refractivity contribution in [2.45, 2.75) is 55.6 Å². The van der Waals surface area contributed by atoms with Crippen LogP contribution >= 0.6 is 0 Å². The molecule has 1 heterocycles. The highest BCUT2D eigenvalue weighted by atomic mass is 16.3. The predicted octanol–water partition coefficient (Wildman–Crippen LogP) is 1.85. The Morgan fingerprint density at radius 3 is 2.88 bits per heavy atom. The molecule has 2 saturated carbocycles. The SMILES string of the molecule is CNC(=O)c1ccc2c(c1)[C@@]13CCCC[C@@]1(O)[C@@H]1N(C)C[C@]1(C2)C3. The predicted molar refractivity (Wildman–Crippen MR) is 92.1 cm³/mol. The molecule has 2 spiro atoms. The second-order valence-corrected chi connectivity index (χ2v) is 8.70. The van der Waals surface area contributed by atoms with Crippen LogP contribution in [0.3, 0.4) is 0 Å². The molecular formula is C20H26N2O2. The van der Waals surface area contributed by atoms with Crippen molar-refractivity contribution in [3.05, 3.63) is 34.9 Å². The zero-order valence-corrected chi connectivity index (χ0v) is 14.6. The smallest absolute Gasteiger partial charge is 0.251 e. The van der Waals surface area contributed by atoms with Crippen molar-refractivity contribution >= 4 is 5.91 Å². The van der Waals surface area contributed by atoms with Gasteiger partial charge in [0.25, 0.3) is 5.91 Å². The number of carbonyl (C=O) groups excluding carboxylic acids is 1. The van der Waals surface area contributed by atoms with E-state index in [0.29, 0.717) is 0 Å². The maximum absolute atomic E-state index is 12.2. The third kappa shape index (κ3) is 1.46. The van der Waals surface area contributed by atoms with Crippen LogP contribution in [0.2, 0.25) is 0 Å². The van der Waals surface area contributed by atoms with Gasteiger partial charge in [0.05, 0.1) is 5.60 Å². The Labute approximate surface area is 143 Å². The van der Waals surface area contributed by atoms with Gasteiger partial charge >= 0.3 is 0 Å². The van der Waals surface area contributed by atoms with Crippen molar-refractivity contribution in [3.63, 3.8) is 0 Å². The fourth-order valence-electron chi connectivity index (χ4n) is 7.09. The lowest BCUT2D eigenvalue weighted by Gasteiger charge is -2.57. The molecule has 128 valence electrons. The molecule has 4 nitrogen and oxygen atoms in total. The van der Waals surface area contributed by atoms with Gasteiger partial charge in [-0.3, -0.25) is 9.69 Å². The lowest BCUT2D eigenvalue weighted by Crippen LogP contribution is -2.69. The molecule has 0 unspecified atom stereocenters. The van der Waals surface area contributed by atoms with Gasteiger partial charge in [-0.25, -0.2) is 0 Å². The van der Waals surface area contributed by atoms with Gasteiger partial charge < -0.3 is 10.4 Å². The Morgan fingerprint density at radius 1 is 1.33 bits per heavy atom. The molecule has 5 rings (SSSR count). The molecule has 24 heavy (non-hydrogen) atoms. The highest BCUT2D eigenvalue weighted by Crippen LogP contribution is 2.71. The van der Waals surface area contributed by atoms with Crippen molar-refractivity contribution in [3.8, 4) is 0 Å². The third-order valence-electron chi connectivity index (χ3n) is 7.59. The minimum absolute atomic E-state index is 0.0353. The Morgan fingerprint density at radius 2 is 2.12 bits per heavy atom. The van der Waals surface area contributed by atoms with E-state index in [1.807, 2.05) is 6.07 Å². The van der Waals surface area contributed by atoms with E-state index in [1.54, 1.807) is 7.05 Å². The van der Waals surface area contributed by atoms with Crippen molar-refractivity contribution in [1.29, 1.82) is 0 Å². The number of benzene rings is 1. The summed E-state index contributed by atoms with van der Waals surface area (Å²) in [5.74, 6) is -0.0353. The van der Waals surface area contributed by atoms with E-state index in [-0.39, 0.29) is 22.8 Å². The zero-order valence-electron chi connectivity index (χ0n) is 14.6. The van der Waals surface area contributed by atoms with Crippen molar-refractivity contribution in [2.24, 2.45) is 5.41 Å². The number of amides is 1. The van der Waals surface area contributed by atoms with E-state index < -0.39 is 5.60 Å². The standard InChI is InChI=1S/C20H26N2O2/c1-21-16(23)13-5-6-14-10-18-11-19(15(14)9-13)7-3-4-8-20(19,24)17(18)22(2)12-18/h5-6,9,17,24H,3-4,7-8,10-12H2,1-2H3,(H,21,23)/t17-,18+,19+,20-/m1/s1. The van der Waals surface area contributed by atoms with Crippen LogP contribution in [-0.4, -0.2) is 48.2 Å². The van der Waals surface area contributed by atoms with Crippen LogP contribution in [0.1, 0.15) is 53.6 Å². The molecular weight excluding hydrogens is 300 g/mol. The van der Waals surface area contributed by atoms with Gasteiger partial charge in [-0.2, -0.15) is 0 Å². The number of likely N-dealkylation sites (tertiary alicyclic amines) is 1. The first-order valence-corrected chi connectivity index (χ1v) is 9.24. The Bertz CT molecular complexity index is 747. The molecule has 0 radical (unpaired) electrons. The molecule has 3 aliphatic carbocycles. The number of aliphatic hydroxyl groups is 1. The van der Waals surface area contributed by atoms with Gasteiger partial charge in [-0.15, -0.1) is 0 Å². The number of carbonyl (C=O) groups is 1. The molecule has 1 aromatic rings. The van der Waals surface area contributed by atoms with Gasteiger partial charge in [0, 0.05) is 36.0 Å². The van der Waals surface area contributed by atoms with E-state index in [1.165, 1.54) is 17.5 Å². The quantitative estimate of drug-likeness (QED) is 0.828. The molecule has 1 saturated heterocycles. The second kappa shape index (κ2) is 4.41. The van der Waals surface area contributed by atoms with Gasteiger partial charge in [-0.1, -0.05) is 18.9 Å². The van der Waals surface area contributed by atoms with Gasteiger partial charge in [0.15, 0.2) is 0 Å². The lowest BCUT2D eigenvalue weighted by atomic mass is 9.58. The van der Waals surface area contributed by atoms with Crippen LogP contribution in [-0.2, 0) is 11.8 Å². The maximum Gasteiger partial charge on any atom is 0.251 e. The average Bonchev–Trinajstić information content (AvgIpc) is 2.71. The first-order valence-electron chi connectivity index (χ1n) is 9.24. The fourth-order valence-corrected chi connectivity index (χ4v) is 7.09. The first kappa shape index (κ1) is 14.9. The van der Waals surface area contributed by atoms with Gasteiger partial charge in [-0.05, 0) is 56.0 Å². The highest BCUT2D eigenvalue weighted by molar-refractivity contribution is 5.94. The van der Waals surface area contributed by atoms with Crippen LogP contribution in [0, 0.1) is 5.41 Å². The number of hydrogen-bond acceptors (Lipinski definition) is 3. The van der Waals surface area contributed by atoms with Gasteiger partial charge in [0.1, 0.15) is 0 Å². The van der Waals surface area contributed by atoms with Crippen LogP contribution < -0.4 is 5.32 Å². The number of rotatable bonds is 1. The van der Waals surface area contributed by atoms with Gasteiger partial charge in [0.2, 0.25) is 0 Å². The summed E-state index contributed by atoms with van der Waals surface area (Å²) in [6.07, 6.45) is 6.39. The van der Waals surface area contributed by atoms with Crippen molar-refractivity contribution in [1.82, 2.24) is 10.2 Å². The summed E-state index contributed by atoms with van der Waals surface area (Å²) in [5.41, 5.74) is 2.81. The third-order valence-corrected chi connectivity index (χ3v) is 7.59. The first-order chi connectivity index (χ1) is 11.5. The summed E-state index contributed by atoms with van der Waals surface area (Å²) in [6, 6.07) is 6.47. The Hall–Kier alpha value is -1.39. The largest absolute Gasteiger partial charge is 0.387 e. The van der Waals surface area contributed by atoms with E-state index >= 15 is 0 Å². The maximum atomic E-state index is 12.2. The van der Waals surface area contributed by atoms with Crippen molar-refractivity contribution < 1.29 is 9.90 Å². The number of nitrogens with zero attached hydrogens (tertiary/aromatic N) is 1. The zero-order chi connectivity index (χ0) is 16.7. The Kier molecular flexibility index (Phi) is 2.74. The van der Waals surface area contributed by atoms with Crippen LogP contribution in [0.5, 0.6) is 0 Å². The second-order valence-electron chi connectivity index (χ2n) is 8.70. The molecule has 3 fully saturated rings. The van der Waals surface area contributed by atoms with E-state index in [4.69, 9.17) is 0 Å². The summed E-state index contributed by atoms with van der Waals surface area (Å²) in [4.78, 5) is 14.5. The molecule has 4 aliphatic rings. The molecule has 1 aliphatic heterocycles. The molecule has 1 amide bonds. The number of likely N-dealkylation sites (N-methyl/N-ethyl adjacent to an activating group) is 1. The molecule has 4 heteroatoms. The highest BCUT2D eigenvalue weighted by Gasteiger charge is 2.76. The molecule has 0 aromatic heterocycles. The fraction of sp³-hybridized carbons (Fsp3) is 0.650. The summed E-state index contributed by atoms with van der Waals surface area (Å²) < 4.78 is 0. The van der Waals surface area contributed by atoms with E-state index in [9.17, 15) is 9.90 Å². The Balaban J connectivity index is 1.73. The topological polar surface area (TPSA) is 52.6 Å². The molecule has 2 N–H and O–H groups in total. The number of hydrogen-bond donors (Lipinski definition) is 2.